The Hall–Kier alpha value is -2.28. The number of nitrogens with zero attached hydrogens (tertiary/aromatic N) is 3. The number of aromatic nitrogens is 2. The highest BCUT2D eigenvalue weighted by Gasteiger charge is 2.26. The predicted molar refractivity (Wildman–Crippen MR) is 76.1 cm³/mol. The molecule has 0 amide bonds. The standard InChI is InChI=1S/C15H18N4/c1-10-5-7-11(8-6-10)19-14(17)12(9-16)13(18-19)15(2,3)4/h5-8H,17H2,1-4H3. The molecule has 0 aliphatic carbocycles. The molecule has 1 aromatic carbocycles. The van der Waals surface area contributed by atoms with E-state index in [0.29, 0.717) is 11.4 Å². The summed E-state index contributed by atoms with van der Waals surface area (Å²) >= 11 is 0. The van der Waals surface area contributed by atoms with Gasteiger partial charge in [0.15, 0.2) is 0 Å². The third-order valence-electron chi connectivity index (χ3n) is 3.02. The van der Waals surface area contributed by atoms with Crippen LogP contribution < -0.4 is 5.73 Å². The lowest BCUT2D eigenvalue weighted by molar-refractivity contribution is 0.559. The van der Waals surface area contributed by atoms with Crippen LogP contribution in [0.25, 0.3) is 5.69 Å². The Morgan fingerprint density at radius 1 is 1.21 bits per heavy atom. The number of nitrogens with two attached hydrogens (primary N) is 1. The molecular weight excluding hydrogens is 236 g/mol. The van der Waals surface area contributed by atoms with Gasteiger partial charge in [0.25, 0.3) is 0 Å². The van der Waals surface area contributed by atoms with Crippen LogP contribution in [0.3, 0.4) is 0 Å². The number of nitrogen functional groups attached to an aromatic ring is 1. The molecule has 1 heterocycles. The second-order valence-corrected chi connectivity index (χ2v) is 5.72. The highest BCUT2D eigenvalue weighted by atomic mass is 15.3. The molecule has 2 aromatic rings. The van der Waals surface area contributed by atoms with Gasteiger partial charge in [0.2, 0.25) is 0 Å². The quantitative estimate of drug-likeness (QED) is 0.850. The lowest BCUT2D eigenvalue weighted by Crippen LogP contribution is -2.14. The maximum Gasteiger partial charge on any atom is 0.145 e. The second-order valence-electron chi connectivity index (χ2n) is 5.72. The van der Waals surface area contributed by atoms with Crippen molar-refractivity contribution in [3.63, 3.8) is 0 Å². The minimum atomic E-state index is -0.213. The van der Waals surface area contributed by atoms with Crippen LogP contribution in [0, 0.1) is 18.3 Å². The summed E-state index contributed by atoms with van der Waals surface area (Å²) in [5.41, 5.74) is 9.08. The molecule has 2 rings (SSSR count). The Labute approximate surface area is 113 Å². The first-order valence-electron chi connectivity index (χ1n) is 6.20. The minimum absolute atomic E-state index is 0.213. The van der Waals surface area contributed by atoms with Crippen LogP contribution in [0.1, 0.15) is 37.6 Å². The lowest BCUT2D eigenvalue weighted by atomic mass is 9.90. The number of aryl methyl sites for hydroxylation is 1. The molecular formula is C15H18N4. The molecule has 98 valence electrons. The van der Waals surface area contributed by atoms with E-state index in [4.69, 9.17) is 5.73 Å². The van der Waals surface area contributed by atoms with Gasteiger partial charge in [0.05, 0.1) is 11.4 Å². The first-order valence-corrected chi connectivity index (χ1v) is 6.20. The molecule has 1 aromatic heterocycles. The van der Waals surface area contributed by atoms with Gasteiger partial charge in [-0.15, -0.1) is 0 Å². The van der Waals surface area contributed by atoms with E-state index in [9.17, 15) is 5.26 Å². The van der Waals surface area contributed by atoms with Gasteiger partial charge >= 0.3 is 0 Å². The number of hydrogen-bond acceptors (Lipinski definition) is 3. The average molecular weight is 254 g/mol. The Morgan fingerprint density at radius 2 is 1.79 bits per heavy atom. The van der Waals surface area contributed by atoms with Crippen LogP contribution in [0.2, 0.25) is 0 Å². The van der Waals surface area contributed by atoms with Crippen molar-refractivity contribution < 1.29 is 0 Å². The van der Waals surface area contributed by atoms with Gasteiger partial charge in [-0.05, 0) is 19.1 Å². The molecule has 0 bridgehead atoms. The van der Waals surface area contributed by atoms with Crippen LogP contribution in [-0.4, -0.2) is 9.78 Å². The molecule has 2 N–H and O–H groups in total. The summed E-state index contributed by atoms with van der Waals surface area (Å²) in [4.78, 5) is 0. The van der Waals surface area contributed by atoms with Crippen molar-refractivity contribution in [2.75, 3.05) is 5.73 Å². The first-order chi connectivity index (χ1) is 8.84. The van der Waals surface area contributed by atoms with Crippen LogP contribution in [0.15, 0.2) is 24.3 Å². The Morgan fingerprint density at radius 3 is 2.21 bits per heavy atom. The van der Waals surface area contributed by atoms with Crippen molar-refractivity contribution in [2.45, 2.75) is 33.1 Å². The van der Waals surface area contributed by atoms with Gasteiger partial charge in [-0.1, -0.05) is 38.5 Å². The Balaban J connectivity index is 2.64. The zero-order chi connectivity index (χ0) is 14.2. The van der Waals surface area contributed by atoms with Gasteiger partial charge in [-0.25, -0.2) is 4.68 Å². The van der Waals surface area contributed by atoms with Crippen molar-refractivity contribution in [1.29, 1.82) is 5.26 Å². The highest BCUT2D eigenvalue weighted by Crippen LogP contribution is 2.29. The average Bonchev–Trinajstić information content (AvgIpc) is 2.67. The highest BCUT2D eigenvalue weighted by molar-refractivity contribution is 5.57. The Kier molecular flexibility index (Phi) is 3.07. The van der Waals surface area contributed by atoms with E-state index in [0.717, 1.165) is 11.4 Å². The largest absolute Gasteiger partial charge is 0.382 e. The summed E-state index contributed by atoms with van der Waals surface area (Å²) in [6.45, 7) is 8.09. The van der Waals surface area contributed by atoms with E-state index in [2.05, 4.69) is 11.2 Å². The fraction of sp³-hybridized carbons (Fsp3) is 0.333. The van der Waals surface area contributed by atoms with E-state index in [1.54, 1.807) is 4.68 Å². The molecule has 0 saturated heterocycles. The number of benzene rings is 1. The number of rotatable bonds is 1. The Bertz CT molecular complexity index is 637. The summed E-state index contributed by atoms with van der Waals surface area (Å²) in [6, 6.07) is 10.1. The predicted octanol–water partition coefficient (Wildman–Crippen LogP) is 2.93. The van der Waals surface area contributed by atoms with E-state index in [1.165, 1.54) is 5.56 Å². The zero-order valence-electron chi connectivity index (χ0n) is 11.7. The summed E-state index contributed by atoms with van der Waals surface area (Å²) < 4.78 is 1.64. The van der Waals surface area contributed by atoms with Crippen molar-refractivity contribution in [3.05, 3.63) is 41.1 Å². The number of nitriles is 1. The van der Waals surface area contributed by atoms with Crippen LogP contribution in [0.4, 0.5) is 5.82 Å². The van der Waals surface area contributed by atoms with Gasteiger partial charge < -0.3 is 5.73 Å². The van der Waals surface area contributed by atoms with Crippen molar-refractivity contribution in [3.8, 4) is 11.8 Å². The molecule has 4 nitrogen and oxygen atoms in total. The van der Waals surface area contributed by atoms with E-state index in [1.807, 2.05) is 52.0 Å². The summed E-state index contributed by atoms with van der Waals surface area (Å²) in [7, 11) is 0. The number of hydrogen-bond donors (Lipinski definition) is 1. The fourth-order valence-electron chi connectivity index (χ4n) is 1.95. The van der Waals surface area contributed by atoms with Gasteiger partial charge in [-0.3, -0.25) is 0 Å². The summed E-state index contributed by atoms with van der Waals surface area (Å²) in [6.07, 6.45) is 0. The fourth-order valence-corrected chi connectivity index (χ4v) is 1.95. The summed E-state index contributed by atoms with van der Waals surface area (Å²) in [5.74, 6) is 0.399. The third-order valence-corrected chi connectivity index (χ3v) is 3.02. The molecule has 0 aliphatic heterocycles. The summed E-state index contributed by atoms with van der Waals surface area (Å²) in [5, 5.41) is 13.8. The first kappa shape index (κ1) is 13.2. The van der Waals surface area contributed by atoms with Gasteiger partial charge in [-0.2, -0.15) is 10.4 Å². The molecule has 0 atom stereocenters. The van der Waals surface area contributed by atoms with Crippen molar-refractivity contribution in [1.82, 2.24) is 9.78 Å². The zero-order valence-corrected chi connectivity index (χ0v) is 11.7. The topological polar surface area (TPSA) is 67.6 Å². The monoisotopic (exact) mass is 254 g/mol. The molecule has 0 saturated carbocycles. The van der Waals surface area contributed by atoms with Crippen LogP contribution >= 0.6 is 0 Å². The van der Waals surface area contributed by atoms with Gasteiger partial charge in [0, 0.05) is 5.41 Å². The van der Waals surface area contributed by atoms with E-state index in [-0.39, 0.29) is 5.41 Å². The molecule has 4 heteroatoms. The third kappa shape index (κ3) is 2.32. The van der Waals surface area contributed by atoms with E-state index < -0.39 is 0 Å². The van der Waals surface area contributed by atoms with Crippen LogP contribution in [0.5, 0.6) is 0 Å². The van der Waals surface area contributed by atoms with Crippen LogP contribution in [-0.2, 0) is 5.41 Å². The molecule has 0 radical (unpaired) electrons. The maximum absolute atomic E-state index is 9.28. The molecule has 0 spiro atoms. The SMILES string of the molecule is Cc1ccc(-n2nc(C(C)(C)C)c(C#N)c2N)cc1. The van der Waals surface area contributed by atoms with Crippen molar-refractivity contribution in [2.24, 2.45) is 0 Å². The smallest absolute Gasteiger partial charge is 0.145 e. The molecule has 0 fully saturated rings. The molecule has 0 aliphatic rings. The van der Waals surface area contributed by atoms with E-state index >= 15 is 0 Å². The minimum Gasteiger partial charge on any atom is -0.382 e. The van der Waals surface area contributed by atoms with Gasteiger partial charge in [0.1, 0.15) is 17.5 Å². The molecule has 19 heavy (non-hydrogen) atoms. The maximum atomic E-state index is 9.28. The normalized spacial score (nSPS) is 11.3. The molecule has 0 unspecified atom stereocenters. The second kappa shape index (κ2) is 4.43. The van der Waals surface area contributed by atoms with Crippen molar-refractivity contribution >= 4 is 5.82 Å². The number of anilines is 1. The lowest BCUT2D eigenvalue weighted by Gasteiger charge is -2.15.